The Morgan fingerprint density at radius 3 is 2.45 bits per heavy atom. The zero-order valence-electron chi connectivity index (χ0n) is 15.4. The molecule has 0 saturated carbocycles. The fourth-order valence-electron chi connectivity index (χ4n) is 3.31. The number of hydrogen-bond donors (Lipinski definition) is 1. The van der Waals surface area contributed by atoms with Gasteiger partial charge in [0.05, 0.1) is 18.8 Å². The number of aliphatic hydroxyl groups excluding tert-OH is 1. The van der Waals surface area contributed by atoms with Gasteiger partial charge >= 0.3 is 0 Å². The second-order valence-electron chi connectivity index (χ2n) is 7.47. The van der Waals surface area contributed by atoms with Crippen molar-refractivity contribution >= 4 is 0 Å². The smallest absolute Gasteiger partial charge is 0.158 e. The average Bonchev–Trinajstić information content (AvgIpc) is 2.90. The minimum absolute atomic E-state index is 0.0116. The normalized spacial score (nSPS) is 26.3. The van der Waals surface area contributed by atoms with E-state index in [9.17, 15) is 5.11 Å². The zero-order valence-corrected chi connectivity index (χ0v) is 15.4. The monoisotopic (exact) mass is 314 g/mol. The van der Waals surface area contributed by atoms with Gasteiger partial charge in [0.2, 0.25) is 0 Å². The molecule has 0 amide bonds. The first kappa shape index (κ1) is 19.9. The first-order valence-electron chi connectivity index (χ1n) is 9.42. The molecular formula is C19H38O3. The summed E-state index contributed by atoms with van der Waals surface area (Å²) in [4.78, 5) is 0. The maximum absolute atomic E-state index is 10.3. The number of ether oxygens (including phenoxy) is 2. The van der Waals surface area contributed by atoms with Gasteiger partial charge in [0.25, 0.3) is 0 Å². The van der Waals surface area contributed by atoms with E-state index in [1.165, 1.54) is 19.3 Å². The molecule has 0 aromatic rings. The third kappa shape index (κ3) is 6.97. The van der Waals surface area contributed by atoms with Crippen LogP contribution in [0.2, 0.25) is 0 Å². The van der Waals surface area contributed by atoms with Crippen molar-refractivity contribution in [2.45, 2.75) is 98.1 Å². The lowest BCUT2D eigenvalue weighted by Gasteiger charge is -2.29. The zero-order chi connectivity index (χ0) is 16.5. The average molecular weight is 315 g/mol. The fraction of sp³-hybridized carbons (Fsp3) is 1.00. The lowest BCUT2D eigenvalue weighted by molar-refractivity contribution is -0.0663. The van der Waals surface area contributed by atoms with E-state index in [2.05, 4.69) is 34.6 Å². The standard InChI is InChI=1S/C19H38O3/c1-6-8-10-16(12-18(20)14(3)4)15(5)11-17-13-21-19(22-17)9-7-2/h14-20H,6-13H2,1-5H3/t15-,16+,17+,18-,19?/m0/s1. The molecule has 0 aromatic heterocycles. The SMILES string of the molecule is CCCC[C@H](C[C@H](O)C(C)C)[C@@H](C)C[C@@H]1COC(CCC)O1. The summed E-state index contributed by atoms with van der Waals surface area (Å²) in [7, 11) is 0. The Morgan fingerprint density at radius 1 is 1.14 bits per heavy atom. The van der Waals surface area contributed by atoms with Gasteiger partial charge in [-0.15, -0.1) is 0 Å². The highest BCUT2D eigenvalue weighted by Crippen LogP contribution is 2.31. The van der Waals surface area contributed by atoms with Crippen LogP contribution in [-0.2, 0) is 9.47 Å². The molecule has 0 bridgehead atoms. The van der Waals surface area contributed by atoms with Gasteiger partial charge < -0.3 is 14.6 Å². The molecule has 1 saturated heterocycles. The Kier molecular flexibility index (Phi) is 9.62. The summed E-state index contributed by atoms with van der Waals surface area (Å²) in [6.07, 6.45) is 7.84. The topological polar surface area (TPSA) is 38.7 Å². The number of hydrogen-bond acceptors (Lipinski definition) is 3. The first-order valence-corrected chi connectivity index (χ1v) is 9.42. The van der Waals surface area contributed by atoms with Crippen molar-refractivity contribution in [2.24, 2.45) is 17.8 Å². The van der Waals surface area contributed by atoms with Crippen molar-refractivity contribution in [3.05, 3.63) is 0 Å². The largest absolute Gasteiger partial charge is 0.393 e. The maximum Gasteiger partial charge on any atom is 0.158 e. The van der Waals surface area contributed by atoms with Gasteiger partial charge in [0.15, 0.2) is 6.29 Å². The second-order valence-corrected chi connectivity index (χ2v) is 7.47. The molecule has 0 radical (unpaired) electrons. The Hall–Kier alpha value is -0.120. The lowest BCUT2D eigenvalue weighted by Crippen LogP contribution is -2.26. The van der Waals surface area contributed by atoms with Crippen molar-refractivity contribution in [3.8, 4) is 0 Å². The molecule has 1 aliphatic heterocycles. The molecular weight excluding hydrogens is 276 g/mol. The fourth-order valence-corrected chi connectivity index (χ4v) is 3.31. The van der Waals surface area contributed by atoms with Crippen LogP contribution in [0.4, 0.5) is 0 Å². The van der Waals surface area contributed by atoms with Crippen LogP contribution in [-0.4, -0.2) is 30.2 Å². The number of unbranched alkanes of at least 4 members (excludes halogenated alkanes) is 1. The van der Waals surface area contributed by atoms with Crippen LogP contribution in [0.1, 0.15) is 79.6 Å². The Bertz CT molecular complexity index is 280. The van der Waals surface area contributed by atoms with E-state index < -0.39 is 0 Å². The van der Waals surface area contributed by atoms with Gasteiger partial charge in [-0.05, 0) is 37.0 Å². The summed E-state index contributed by atoms with van der Waals surface area (Å²) >= 11 is 0. The predicted molar refractivity (Wildman–Crippen MR) is 91.8 cm³/mol. The third-order valence-corrected chi connectivity index (χ3v) is 5.02. The van der Waals surface area contributed by atoms with E-state index in [1.807, 2.05) is 0 Å². The van der Waals surface area contributed by atoms with E-state index in [0.717, 1.165) is 32.3 Å². The summed E-state index contributed by atoms with van der Waals surface area (Å²) in [6, 6.07) is 0. The summed E-state index contributed by atoms with van der Waals surface area (Å²) in [5, 5.41) is 10.3. The van der Waals surface area contributed by atoms with Crippen LogP contribution in [0, 0.1) is 17.8 Å². The van der Waals surface area contributed by atoms with Crippen molar-refractivity contribution < 1.29 is 14.6 Å². The second kappa shape index (κ2) is 10.6. The van der Waals surface area contributed by atoms with Crippen molar-refractivity contribution in [1.29, 1.82) is 0 Å². The van der Waals surface area contributed by atoms with Crippen molar-refractivity contribution in [2.75, 3.05) is 6.61 Å². The van der Waals surface area contributed by atoms with E-state index in [0.29, 0.717) is 17.8 Å². The Balaban J connectivity index is 2.46. The van der Waals surface area contributed by atoms with Gasteiger partial charge in [-0.1, -0.05) is 60.3 Å². The minimum Gasteiger partial charge on any atom is -0.393 e. The summed E-state index contributed by atoms with van der Waals surface area (Å²) < 4.78 is 11.7. The van der Waals surface area contributed by atoms with Crippen LogP contribution in [0.15, 0.2) is 0 Å². The van der Waals surface area contributed by atoms with Crippen LogP contribution in [0.25, 0.3) is 0 Å². The van der Waals surface area contributed by atoms with Gasteiger partial charge in [-0.25, -0.2) is 0 Å². The highest BCUT2D eigenvalue weighted by Gasteiger charge is 2.30. The molecule has 1 fully saturated rings. The van der Waals surface area contributed by atoms with Gasteiger partial charge in [-0.2, -0.15) is 0 Å². The maximum atomic E-state index is 10.3. The highest BCUT2D eigenvalue weighted by atomic mass is 16.7. The molecule has 0 spiro atoms. The van der Waals surface area contributed by atoms with Crippen molar-refractivity contribution in [1.82, 2.24) is 0 Å². The minimum atomic E-state index is -0.183. The van der Waals surface area contributed by atoms with E-state index in [4.69, 9.17) is 9.47 Å². The van der Waals surface area contributed by atoms with Gasteiger partial charge in [0.1, 0.15) is 0 Å². The quantitative estimate of drug-likeness (QED) is 0.597. The Morgan fingerprint density at radius 2 is 1.86 bits per heavy atom. The van der Waals surface area contributed by atoms with Crippen LogP contribution < -0.4 is 0 Å². The molecule has 22 heavy (non-hydrogen) atoms. The Labute approximate surface area is 137 Å². The molecule has 3 heteroatoms. The lowest BCUT2D eigenvalue weighted by atomic mass is 9.80. The molecule has 3 nitrogen and oxygen atoms in total. The summed E-state index contributed by atoms with van der Waals surface area (Å²) in [5.41, 5.74) is 0. The van der Waals surface area contributed by atoms with E-state index in [1.54, 1.807) is 0 Å². The number of aliphatic hydroxyl groups is 1. The van der Waals surface area contributed by atoms with Gasteiger partial charge in [0, 0.05) is 0 Å². The third-order valence-electron chi connectivity index (χ3n) is 5.02. The highest BCUT2D eigenvalue weighted by molar-refractivity contribution is 4.77. The molecule has 132 valence electrons. The van der Waals surface area contributed by atoms with E-state index >= 15 is 0 Å². The van der Waals surface area contributed by atoms with Gasteiger partial charge in [-0.3, -0.25) is 0 Å². The molecule has 1 N–H and O–H groups in total. The molecule has 5 atom stereocenters. The molecule has 1 heterocycles. The first-order chi connectivity index (χ1) is 10.5. The molecule has 1 rings (SSSR count). The number of rotatable bonds is 11. The summed E-state index contributed by atoms with van der Waals surface area (Å²) in [6.45, 7) is 11.7. The molecule has 0 aromatic carbocycles. The van der Waals surface area contributed by atoms with Crippen LogP contribution >= 0.6 is 0 Å². The van der Waals surface area contributed by atoms with E-state index in [-0.39, 0.29) is 18.5 Å². The molecule has 0 aliphatic carbocycles. The van der Waals surface area contributed by atoms with Crippen LogP contribution in [0.5, 0.6) is 0 Å². The van der Waals surface area contributed by atoms with Crippen LogP contribution in [0.3, 0.4) is 0 Å². The molecule has 1 aliphatic rings. The summed E-state index contributed by atoms with van der Waals surface area (Å²) in [5.74, 6) is 1.51. The van der Waals surface area contributed by atoms with Crippen molar-refractivity contribution in [3.63, 3.8) is 0 Å². The molecule has 1 unspecified atom stereocenters. The predicted octanol–water partition coefficient (Wildman–Crippen LogP) is 4.77.